The first kappa shape index (κ1) is 14.6. The van der Waals surface area contributed by atoms with Crippen LogP contribution in [0.4, 0.5) is 10.1 Å². The van der Waals surface area contributed by atoms with E-state index >= 15 is 0 Å². The third-order valence-electron chi connectivity index (χ3n) is 2.83. The maximum Gasteiger partial charge on any atom is 0.228 e. The molecule has 1 aromatic rings. The van der Waals surface area contributed by atoms with Crippen molar-refractivity contribution in [2.45, 2.75) is 39.2 Å². The summed E-state index contributed by atoms with van der Waals surface area (Å²) in [5, 5.41) is 0. The molecule has 1 aromatic carbocycles. The second kappa shape index (κ2) is 7.11. The van der Waals surface area contributed by atoms with Gasteiger partial charge in [0.05, 0.1) is 0 Å². The van der Waals surface area contributed by atoms with Crippen LogP contribution in [0.25, 0.3) is 0 Å². The summed E-state index contributed by atoms with van der Waals surface area (Å²) >= 11 is 0. The zero-order valence-electron chi connectivity index (χ0n) is 11.0. The summed E-state index contributed by atoms with van der Waals surface area (Å²) in [5.41, 5.74) is 6.45. The predicted molar refractivity (Wildman–Crippen MR) is 71.9 cm³/mol. The molecule has 100 valence electrons. The Hall–Kier alpha value is -1.42. The van der Waals surface area contributed by atoms with Gasteiger partial charge in [0, 0.05) is 24.7 Å². The second-order valence-corrected chi connectivity index (χ2v) is 4.37. The van der Waals surface area contributed by atoms with E-state index < -0.39 is 0 Å². The van der Waals surface area contributed by atoms with E-state index in [1.54, 1.807) is 17.0 Å². The highest BCUT2D eigenvalue weighted by Gasteiger charge is 2.17. The van der Waals surface area contributed by atoms with E-state index in [1.807, 2.05) is 13.8 Å². The van der Waals surface area contributed by atoms with Gasteiger partial charge in [0.15, 0.2) is 0 Å². The summed E-state index contributed by atoms with van der Waals surface area (Å²) in [4.78, 5) is 13.7. The molecular weight excluding hydrogens is 231 g/mol. The topological polar surface area (TPSA) is 46.3 Å². The molecule has 0 aromatic heterocycles. The van der Waals surface area contributed by atoms with E-state index in [2.05, 4.69) is 0 Å². The third kappa shape index (κ3) is 4.11. The van der Waals surface area contributed by atoms with Gasteiger partial charge in [0.25, 0.3) is 0 Å². The molecule has 0 aliphatic heterocycles. The van der Waals surface area contributed by atoms with Crippen LogP contribution in [0.5, 0.6) is 0 Å². The van der Waals surface area contributed by atoms with Crippen LogP contribution in [-0.4, -0.2) is 18.5 Å². The van der Waals surface area contributed by atoms with Gasteiger partial charge in [0.2, 0.25) is 5.91 Å². The first-order chi connectivity index (χ1) is 8.58. The van der Waals surface area contributed by atoms with Crippen molar-refractivity contribution in [1.29, 1.82) is 0 Å². The van der Waals surface area contributed by atoms with Crippen molar-refractivity contribution in [2.75, 3.05) is 11.4 Å². The van der Waals surface area contributed by atoms with Crippen LogP contribution in [0.1, 0.15) is 33.1 Å². The minimum atomic E-state index is -0.336. The van der Waals surface area contributed by atoms with Gasteiger partial charge in [0.1, 0.15) is 5.82 Å². The standard InChI is InChI=1S/C14H21FN2O/c1-3-6-12(16)10-14(18)17(4-2)13-8-5-7-11(15)9-13/h5,7-9,12H,3-4,6,10,16H2,1-2H3. The largest absolute Gasteiger partial charge is 0.327 e. The highest BCUT2D eigenvalue weighted by molar-refractivity contribution is 5.93. The number of amides is 1. The van der Waals surface area contributed by atoms with Gasteiger partial charge in [-0.1, -0.05) is 19.4 Å². The molecule has 0 saturated heterocycles. The molecule has 18 heavy (non-hydrogen) atoms. The number of nitrogens with zero attached hydrogens (tertiary/aromatic N) is 1. The van der Waals surface area contributed by atoms with Crippen molar-refractivity contribution in [3.8, 4) is 0 Å². The summed E-state index contributed by atoms with van der Waals surface area (Å²) in [5.74, 6) is -0.388. The molecule has 1 amide bonds. The van der Waals surface area contributed by atoms with Crippen LogP contribution in [-0.2, 0) is 4.79 Å². The summed E-state index contributed by atoms with van der Waals surface area (Å²) in [6.45, 7) is 4.42. The van der Waals surface area contributed by atoms with Crippen LogP contribution in [0.2, 0.25) is 0 Å². The molecule has 2 N–H and O–H groups in total. The van der Waals surface area contributed by atoms with E-state index in [1.165, 1.54) is 12.1 Å². The lowest BCUT2D eigenvalue weighted by atomic mass is 10.1. The summed E-state index contributed by atoms with van der Waals surface area (Å²) in [6, 6.07) is 5.95. The van der Waals surface area contributed by atoms with Crippen molar-refractivity contribution < 1.29 is 9.18 Å². The van der Waals surface area contributed by atoms with Gasteiger partial charge in [-0.3, -0.25) is 4.79 Å². The maximum absolute atomic E-state index is 13.1. The minimum Gasteiger partial charge on any atom is -0.327 e. The quantitative estimate of drug-likeness (QED) is 0.846. The lowest BCUT2D eigenvalue weighted by Crippen LogP contribution is -2.35. The van der Waals surface area contributed by atoms with Crippen LogP contribution >= 0.6 is 0 Å². The fourth-order valence-electron chi connectivity index (χ4n) is 1.95. The fraction of sp³-hybridized carbons (Fsp3) is 0.500. The highest BCUT2D eigenvalue weighted by atomic mass is 19.1. The Balaban J connectivity index is 2.74. The summed E-state index contributed by atoms with van der Waals surface area (Å²) < 4.78 is 13.1. The molecule has 0 spiro atoms. The Bertz CT molecular complexity index is 395. The fourth-order valence-corrected chi connectivity index (χ4v) is 1.95. The smallest absolute Gasteiger partial charge is 0.228 e. The molecule has 0 saturated carbocycles. The number of carbonyl (C=O) groups is 1. The lowest BCUT2D eigenvalue weighted by Gasteiger charge is -2.22. The third-order valence-corrected chi connectivity index (χ3v) is 2.83. The van der Waals surface area contributed by atoms with Crippen molar-refractivity contribution in [3.63, 3.8) is 0 Å². The monoisotopic (exact) mass is 252 g/mol. The molecule has 0 radical (unpaired) electrons. The Labute approximate surface area is 108 Å². The predicted octanol–water partition coefficient (Wildman–Crippen LogP) is 2.70. The molecule has 4 heteroatoms. The molecule has 0 fully saturated rings. The van der Waals surface area contributed by atoms with Crippen molar-refractivity contribution >= 4 is 11.6 Å². The Morgan fingerprint density at radius 2 is 2.17 bits per heavy atom. The minimum absolute atomic E-state index is 0.0518. The Morgan fingerprint density at radius 3 is 2.72 bits per heavy atom. The first-order valence-corrected chi connectivity index (χ1v) is 6.40. The number of benzene rings is 1. The van der Waals surface area contributed by atoms with Gasteiger partial charge >= 0.3 is 0 Å². The number of hydrogen-bond acceptors (Lipinski definition) is 2. The first-order valence-electron chi connectivity index (χ1n) is 6.40. The number of halogens is 1. The van der Waals surface area contributed by atoms with Crippen LogP contribution in [0, 0.1) is 5.82 Å². The Kier molecular flexibility index (Phi) is 5.78. The molecule has 0 bridgehead atoms. The zero-order valence-corrected chi connectivity index (χ0v) is 11.0. The second-order valence-electron chi connectivity index (χ2n) is 4.37. The van der Waals surface area contributed by atoms with E-state index in [-0.39, 0.29) is 17.8 Å². The summed E-state index contributed by atoms with van der Waals surface area (Å²) in [6.07, 6.45) is 2.09. The number of nitrogens with two attached hydrogens (primary N) is 1. The van der Waals surface area contributed by atoms with Gasteiger partial charge in [-0.25, -0.2) is 4.39 Å². The van der Waals surface area contributed by atoms with Gasteiger partial charge < -0.3 is 10.6 Å². The highest BCUT2D eigenvalue weighted by Crippen LogP contribution is 2.17. The van der Waals surface area contributed by atoms with Gasteiger partial charge in [-0.15, -0.1) is 0 Å². The number of carbonyl (C=O) groups excluding carboxylic acids is 1. The van der Waals surface area contributed by atoms with E-state index in [0.717, 1.165) is 12.8 Å². The average Bonchev–Trinajstić information content (AvgIpc) is 2.30. The van der Waals surface area contributed by atoms with Crippen molar-refractivity contribution in [3.05, 3.63) is 30.1 Å². The molecule has 0 aliphatic carbocycles. The normalized spacial score (nSPS) is 12.2. The van der Waals surface area contributed by atoms with Crippen molar-refractivity contribution in [2.24, 2.45) is 5.73 Å². The molecular formula is C14H21FN2O. The molecule has 1 atom stereocenters. The van der Waals surface area contributed by atoms with E-state index in [9.17, 15) is 9.18 Å². The maximum atomic E-state index is 13.1. The van der Waals surface area contributed by atoms with Crippen LogP contribution < -0.4 is 10.6 Å². The van der Waals surface area contributed by atoms with Crippen LogP contribution in [0.15, 0.2) is 24.3 Å². The molecule has 1 rings (SSSR count). The number of hydrogen-bond donors (Lipinski definition) is 1. The molecule has 1 unspecified atom stereocenters. The average molecular weight is 252 g/mol. The van der Waals surface area contributed by atoms with E-state index in [0.29, 0.717) is 18.7 Å². The summed E-state index contributed by atoms with van der Waals surface area (Å²) in [7, 11) is 0. The van der Waals surface area contributed by atoms with Crippen molar-refractivity contribution in [1.82, 2.24) is 0 Å². The van der Waals surface area contributed by atoms with Gasteiger partial charge in [-0.2, -0.15) is 0 Å². The molecule has 0 heterocycles. The molecule has 0 aliphatic rings. The lowest BCUT2D eigenvalue weighted by molar-refractivity contribution is -0.118. The van der Waals surface area contributed by atoms with Gasteiger partial charge in [-0.05, 0) is 31.5 Å². The number of rotatable bonds is 6. The van der Waals surface area contributed by atoms with Crippen LogP contribution in [0.3, 0.4) is 0 Å². The SMILES string of the molecule is CCCC(N)CC(=O)N(CC)c1cccc(F)c1. The molecule has 3 nitrogen and oxygen atoms in total. The Morgan fingerprint density at radius 1 is 1.44 bits per heavy atom. The number of anilines is 1. The van der Waals surface area contributed by atoms with E-state index in [4.69, 9.17) is 5.73 Å². The zero-order chi connectivity index (χ0) is 13.5.